The first-order valence-electron chi connectivity index (χ1n) is 10.1. The highest BCUT2D eigenvalue weighted by Crippen LogP contribution is 2.21. The molecule has 0 spiro atoms. The number of sulfonamides is 1. The van der Waals surface area contributed by atoms with Crippen LogP contribution >= 0.6 is 0 Å². The van der Waals surface area contributed by atoms with Gasteiger partial charge >= 0.3 is 0 Å². The van der Waals surface area contributed by atoms with Crippen LogP contribution in [0.5, 0.6) is 0 Å². The van der Waals surface area contributed by atoms with Crippen molar-refractivity contribution >= 4 is 10.0 Å². The molecule has 0 aliphatic heterocycles. The Morgan fingerprint density at radius 2 is 1.82 bits per heavy atom. The summed E-state index contributed by atoms with van der Waals surface area (Å²) in [7, 11) is -3.28. The van der Waals surface area contributed by atoms with Crippen LogP contribution in [-0.4, -0.2) is 31.1 Å². The van der Waals surface area contributed by atoms with Crippen molar-refractivity contribution in [3.05, 3.63) is 54.1 Å². The summed E-state index contributed by atoms with van der Waals surface area (Å²) in [5, 5.41) is 3.58. The van der Waals surface area contributed by atoms with Gasteiger partial charge in [0.1, 0.15) is 0 Å². The molecular weight excluding hydrogens is 372 g/mol. The van der Waals surface area contributed by atoms with Gasteiger partial charge in [-0.1, -0.05) is 44.0 Å². The van der Waals surface area contributed by atoms with Gasteiger partial charge in [-0.05, 0) is 44.4 Å². The molecule has 0 saturated carbocycles. The Labute approximate surface area is 169 Å². The zero-order valence-electron chi connectivity index (χ0n) is 17.3. The molecule has 0 saturated heterocycles. The first-order chi connectivity index (χ1) is 13.3. The Kier molecular flexibility index (Phi) is 8.66. The summed E-state index contributed by atoms with van der Waals surface area (Å²) in [6.07, 6.45) is 9.61. The number of rotatable bonds is 13. The molecule has 6 nitrogen and oxygen atoms in total. The molecule has 0 radical (unpaired) electrons. The minimum atomic E-state index is -3.28. The van der Waals surface area contributed by atoms with Crippen LogP contribution in [0.15, 0.2) is 43.0 Å². The Morgan fingerprint density at radius 1 is 1.07 bits per heavy atom. The highest BCUT2D eigenvalue weighted by molar-refractivity contribution is 7.88. The van der Waals surface area contributed by atoms with Gasteiger partial charge in [-0.25, -0.2) is 18.1 Å². The van der Waals surface area contributed by atoms with Crippen LogP contribution in [0, 0.1) is 0 Å². The van der Waals surface area contributed by atoms with Gasteiger partial charge in [-0.15, -0.1) is 0 Å². The van der Waals surface area contributed by atoms with Gasteiger partial charge in [0.2, 0.25) is 10.0 Å². The molecule has 0 atom stereocenters. The summed E-state index contributed by atoms with van der Waals surface area (Å²) in [5.74, 6) is 0.0260. The molecule has 28 heavy (non-hydrogen) atoms. The Balaban J connectivity index is 1.82. The quantitative estimate of drug-likeness (QED) is 0.500. The maximum atomic E-state index is 12.2. The van der Waals surface area contributed by atoms with Crippen LogP contribution in [0.1, 0.15) is 57.6 Å². The van der Waals surface area contributed by atoms with Crippen molar-refractivity contribution in [1.29, 1.82) is 0 Å². The summed E-state index contributed by atoms with van der Waals surface area (Å²) >= 11 is 0. The molecule has 1 aromatic carbocycles. The van der Waals surface area contributed by atoms with Crippen LogP contribution in [0.3, 0.4) is 0 Å². The lowest BCUT2D eigenvalue weighted by Gasteiger charge is -2.27. The van der Waals surface area contributed by atoms with E-state index < -0.39 is 10.0 Å². The van der Waals surface area contributed by atoms with Crippen LogP contribution in [0.25, 0.3) is 0 Å². The lowest BCUT2D eigenvalue weighted by Crippen LogP contribution is -2.37. The van der Waals surface area contributed by atoms with E-state index in [1.165, 1.54) is 0 Å². The number of aromatic nitrogens is 2. The van der Waals surface area contributed by atoms with Gasteiger partial charge in [0.15, 0.2) is 0 Å². The fourth-order valence-corrected chi connectivity index (χ4v) is 4.26. The van der Waals surface area contributed by atoms with E-state index in [0.717, 1.165) is 49.9 Å². The molecule has 7 heteroatoms. The van der Waals surface area contributed by atoms with Gasteiger partial charge in [-0.3, -0.25) is 0 Å². The highest BCUT2D eigenvalue weighted by atomic mass is 32.2. The van der Waals surface area contributed by atoms with Crippen molar-refractivity contribution in [2.75, 3.05) is 13.1 Å². The fourth-order valence-electron chi connectivity index (χ4n) is 3.07. The van der Waals surface area contributed by atoms with Crippen molar-refractivity contribution in [3.63, 3.8) is 0 Å². The topological polar surface area (TPSA) is 76.0 Å². The van der Waals surface area contributed by atoms with Gasteiger partial charge < -0.3 is 9.88 Å². The van der Waals surface area contributed by atoms with Crippen LogP contribution < -0.4 is 10.0 Å². The number of aryl methyl sites for hydroxylation is 1. The number of unbranched alkanes of at least 4 members (excludes halogenated alkanes) is 2. The third kappa shape index (κ3) is 7.73. The lowest BCUT2D eigenvalue weighted by molar-refractivity contribution is 0.393. The molecule has 0 bridgehead atoms. The van der Waals surface area contributed by atoms with E-state index in [2.05, 4.69) is 40.4 Å². The summed E-state index contributed by atoms with van der Waals surface area (Å²) < 4.78 is 29.1. The van der Waals surface area contributed by atoms with Crippen LogP contribution in [-0.2, 0) is 27.9 Å². The van der Waals surface area contributed by atoms with Gasteiger partial charge in [0.05, 0.1) is 12.1 Å². The minimum Gasteiger partial charge on any atom is -0.337 e. The molecule has 2 rings (SSSR count). The lowest BCUT2D eigenvalue weighted by atomic mass is 9.93. The fraction of sp³-hybridized carbons (Fsp3) is 0.571. The molecule has 2 N–H and O–H groups in total. The van der Waals surface area contributed by atoms with Gasteiger partial charge in [-0.2, -0.15) is 0 Å². The number of hydrogen-bond acceptors (Lipinski definition) is 4. The Hall–Kier alpha value is -1.70. The van der Waals surface area contributed by atoms with E-state index >= 15 is 0 Å². The molecule has 156 valence electrons. The molecule has 0 fully saturated rings. The van der Waals surface area contributed by atoms with Crippen molar-refractivity contribution in [2.24, 2.45) is 0 Å². The minimum absolute atomic E-state index is 0.0260. The molecular formula is C21H34N4O2S. The average molecular weight is 407 g/mol. The average Bonchev–Trinajstić information content (AvgIpc) is 3.16. The first kappa shape index (κ1) is 22.6. The largest absolute Gasteiger partial charge is 0.337 e. The second kappa shape index (κ2) is 10.7. The number of nitrogens with one attached hydrogen (secondary N) is 2. The number of hydrogen-bond donors (Lipinski definition) is 2. The van der Waals surface area contributed by atoms with Gasteiger partial charge in [0.25, 0.3) is 0 Å². The Morgan fingerprint density at radius 3 is 2.46 bits per heavy atom. The maximum absolute atomic E-state index is 12.2. The molecule has 2 aromatic rings. The SMILES string of the molecule is CCCCCNS(=O)(=O)Cc1ccc(C(C)(C)NCCCn2ccnc2)cc1. The molecule has 1 heterocycles. The summed E-state index contributed by atoms with van der Waals surface area (Å²) in [5.41, 5.74) is 1.78. The van der Waals surface area contributed by atoms with E-state index in [-0.39, 0.29) is 11.3 Å². The number of imidazole rings is 1. The normalized spacial score (nSPS) is 12.4. The Bertz CT molecular complexity index is 784. The number of benzene rings is 1. The molecule has 1 aromatic heterocycles. The van der Waals surface area contributed by atoms with Crippen molar-refractivity contribution in [3.8, 4) is 0 Å². The van der Waals surface area contributed by atoms with E-state index in [0.29, 0.717) is 6.54 Å². The first-order valence-corrected chi connectivity index (χ1v) is 11.7. The summed E-state index contributed by atoms with van der Waals surface area (Å²) in [6, 6.07) is 7.86. The highest BCUT2D eigenvalue weighted by Gasteiger charge is 2.19. The smallest absolute Gasteiger partial charge is 0.215 e. The van der Waals surface area contributed by atoms with E-state index in [9.17, 15) is 8.42 Å². The standard InChI is InChI=1S/C21H34N4O2S/c1-4-5-6-13-24-28(26,27)17-19-8-10-20(11-9-19)21(2,3)23-12-7-15-25-16-14-22-18-25/h8-11,14,16,18,23-24H,4-7,12-13,15,17H2,1-3H3. The summed E-state index contributed by atoms with van der Waals surface area (Å²) in [4.78, 5) is 4.05. The second-order valence-corrected chi connectivity index (χ2v) is 9.57. The van der Waals surface area contributed by atoms with Crippen LogP contribution in [0.2, 0.25) is 0 Å². The monoisotopic (exact) mass is 406 g/mol. The zero-order chi connectivity index (χ0) is 20.5. The molecule has 0 amide bonds. The zero-order valence-corrected chi connectivity index (χ0v) is 18.1. The predicted molar refractivity (Wildman–Crippen MR) is 114 cm³/mol. The van der Waals surface area contributed by atoms with E-state index in [1.54, 1.807) is 6.20 Å². The molecule has 0 aliphatic carbocycles. The summed E-state index contributed by atoms with van der Waals surface area (Å²) in [6.45, 7) is 8.74. The maximum Gasteiger partial charge on any atom is 0.215 e. The number of nitrogens with zero attached hydrogens (tertiary/aromatic N) is 2. The van der Waals surface area contributed by atoms with E-state index in [4.69, 9.17) is 0 Å². The third-order valence-electron chi connectivity index (χ3n) is 4.85. The van der Waals surface area contributed by atoms with E-state index in [1.807, 2.05) is 36.8 Å². The predicted octanol–water partition coefficient (Wildman–Crippen LogP) is 3.41. The second-order valence-electron chi connectivity index (χ2n) is 7.76. The van der Waals surface area contributed by atoms with Crippen molar-refractivity contribution in [2.45, 2.75) is 64.3 Å². The van der Waals surface area contributed by atoms with Crippen molar-refractivity contribution < 1.29 is 8.42 Å². The van der Waals surface area contributed by atoms with Crippen LogP contribution in [0.4, 0.5) is 0 Å². The van der Waals surface area contributed by atoms with Crippen molar-refractivity contribution in [1.82, 2.24) is 19.6 Å². The molecule has 0 aliphatic rings. The molecule has 0 unspecified atom stereocenters. The van der Waals surface area contributed by atoms with Gasteiger partial charge in [0, 0.05) is 31.0 Å². The third-order valence-corrected chi connectivity index (χ3v) is 6.21.